The molecule has 0 radical (unpaired) electrons. The predicted molar refractivity (Wildman–Crippen MR) is 132 cm³/mol. The first-order valence-corrected chi connectivity index (χ1v) is 12.5. The third kappa shape index (κ3) is 4.19. The smallest absolute Gasteiger partial charge is 0.330 e. The number of H-pyrrole nitrogens is 1. The number of amides is 1. The van der Waals surface area contributed by atoms with E-state index in [9.17, 15) is 19.5 Å². The molecule has 188 valence electrons. The topological polar surface area (TPSA) is 105 Å². The number of ether oxygens (including phenoxy) is 1. The lowest BCUT2D eigenvalue weighted by molar-refractivity contribution is -0.133. The standard InChI is InChI=1S/C26H26FN3O5S/c1-3-14-12-30(26(34)28-23(14)32)25-21(27)22(31)17(35-25)13-29(2)24(33)20-15-8-4-6-10-18(15)36-19-11-7-5-9-16(19)20/h4-12,17,20-22,25,31H,3,13H2,1-2H3,(H,28,32,34)/t17-,21+,22-,25-/m1/s1. The van der Waals surface area contributed by atoms with Crippen molar-refractivity contribution in [1.82, 2.24) is 14.5 Å². The van der Waals surface area contributed by atoms with Crippen LogP contribution in [0.15, 0.2) is 74.1 Å². The van der Waals surface area contributed by atoms with Crippen molar-refractivity contribution < 1.29 is 19.0 Å². The minimum atomic E-state index is -1.92. The van der Waals surface area contributed by atoms with E-state index in [2.05, 4.69) is 4.98 Å². The van der Waals surface area contributed by atoms with E-state index in [0.717, 1.165) is 25.5 Å². The van der Waals surface area contributed by atoms with Gasteiger partial charge in [-0.3, -0.25) is 19.1 Å². The van der Waals surface area contributed by atoms with Crippen molar-refractivity contribution in [3.05, 3.63) is 92.3 Å². The second kappa shape index (κ2) is 9.68. The number of carbonyl (C=O) groups excluding carboxylic acids is 1. The molecule has 0 saturated carbocycles. The van der Waals surface area contributed by atoms with Gasteiger partial charge in [0.1, 0.15) is 12.2 Å². The number of benzene rings is 2. The molecule has 36 heavy (non-hydrogen) atoms. The number of aliphatic hydroxyl groups excluding tert-OH is 1. The lowest BCUT2D eigenvalue weighted by Gasteiger charge is -2.31. The molecular weight excluding hydrogens is 485 g/mol. The van der Waals surface area contributed by atoms with Crippen LogP contribution in [-0.4, -0.2) is 57.4 Å². The van der Waals surface area contributed by atoms with Gasteiger partial charge in [-0.1, -0.05) is 55.1 Å². The van der Waals surface area contributed by atoms with Gasteiger partial charge in [0.25, 0.3) is 5.56 Å². The van der Waals surface area contributed by atoms with E-state index in [1.54, 1.807) is 25.7 Å². The molecule has 0 bridgehead atoms. The Bertz CT molecular complexity index is 1380. The average Bonchev–Trinajstić information content (AvgIpc) is 3.15. The molecule has 2 aliphatic rings. The van der Waals surface area contributed by atoms with Gasteiger partial charge in [0, 0.05) is 35.1 Å². The number of aryl methyl sites for hydroxylation is 1. The molecule has 4 atom stereocenters. The number of likely N-dealkylation sites (N-methyl/N-ethyl adjacent to an activating group) is 1. The Morgan fingerprint density at radius 2 is 1.75 bits per heavy atom. The van der Waals surface area contributed by atoms with Crippen LogP contribution in [-0.2, 0) is 16.0 Å². The molecule has 2 N–H and O–H groups in total. The Morgan fingerprint density at radius 1 is 1.14 bits per heavy atom. The summed E-state index contributed by atoms with van der Waals surface area (Å²) in [6.45, 7) is 1.66. The van der Waals surface area contributed by atoms with Crippen LogP contribution in [0.3, 0.4) is 0 Å². The predicted octanol–water partition coefficient (Wildman–Crippen LogP) is 2.45. The van der Waals surface area contributed by atoms with Crippen LogP contribution in [0, 0.1) is 0 Å². The van der Waals surface area contributed by atoms with Crippen molar-refractivity contribution >= 4 is 17.7 Å². The molecule has 0 aliphatic carbocycles. The summed E-state index contributed by atoms with van der Waals surface area (Å²) in [5, 5.41) is 10.6. The van der Waals surface area contributed by atoms with E-state index < -0.39 is 41.8 Å². The second-order valence-corrected chi connectivity index (χ2v) is 10.1. The molecule has 8 nitrogen and oxygen atoms in total. The van der Waals surface area contributed by atoms with E-state index in [1.807, 2.05) is 48.5 Å². The van der Waals surface area contributed by atoms with Crippen molar-refractivity contribution in [1.29, 1.82) is 0 Å². The van der Waals surface area contributed by atoms with Crippen molar-refractivity contribution in [2.45, 2.75) is 53.7 Å². The van der Waals surface area contributed by atoms with Gasteiger partial charge in [-0.2, -0.15) is 0 Å². The molecule has 1 aromatic heterocycles. The number of nitrogens with zero attached hydrogens (tertiary/aromatic N) is 2. The number of fused-ring (bicyclic) bond motifs is 2. The Kier molecular flexibility index (Phi) is 6.59. The van der Waals surface area contributed by atoms with E-state index in [4.69, 9.17) is 4.74 Å². The third-order valence-electron chi connectivity index (χ3n) is 6.75. The number of hydrogen-bond acceptors (Lipinski definition) is 6. The number of halogens is 1. The largest absolute Gasteiger partial charge is 0.387 e. The van der Waals surface area contributed by atoms with Crippen molar-refractivity contribution in [3.63, 3.8) is 0 Å². The SMILES string of the molecule is CCc1cn([C@@H]2O[C@H](CN(C)C(=O)C3c4ccccc4Sc4ccccc43)[C@@H](O)[C@@H]2F)c(=O)[nH]c1=O. The summed E-state index contributed by atoms with van der Waals surface area (Å²) >= 11 is 1.61. The van der Waals surface area contributed by atoms with Crippen molar-refractivity contribution in [2.24, 2.45) is 0 Å². The highest BCUT2D eigenvalue weighted by molar-refractivity contribution is 7.99. The normalized spacial score (nSPS) is 23.2. The molecule has 1 fully saturated rings. The zero-order chi connectivity index (χ0) is 25.6. The minimum absolute atomic E-state index is 0.0797. The molecule has 1 amide bonds. The maximum atomic E-state index is 15.1. The number of rotatable bonds is 5. The van der Waals surface area contributed by atoms with Crippen molar-refractivity contribution in [3.8, 4) is 0 Å². The van der Waals surface area contributed by atoms with Gasteiger partial charge in [0.05, 0.1) is 5.92 Å². The molecule has 3 aromatic rings. The summed E-state index contributed by atoms with van der Waals surface area (Å²) < 4.78 is 21.8. The summed E-state index contributed by atoms with van der Waals surface area (Å²) in [4.78, 5) is 43.5. The Balaban J connectivity index is 1.39. The van der Waals surface area contributed by atoms with Crippen LogP contribution in [0.5, 0.6) is 0 Å². The summed E-state index contributed by atoms with van der Waals surface area (Å²) in [5.41, 5.74) is 0.706. The summed E-state index contributed by atoms with van der Waals surface area (Å²) in [6.07, 6.45) is -4.36. The summed E-state index contributed by atoms with van der Waals surface area (Å²) in [5.74, 6) is -0.757. The van der Waals surface area contributed by atoms with Crippen LogP contribution < -0.4 is 11.2 Å². The first kappa shape index (κ1) is 24.5. The molecule has 1 saturated heterocycles. The zero-order valence-electron chi connectivity index (χ0n) is 19.8. The molecule has 0 spiro atoms. The van der Waals surface area contributed by atoms with Gasteiger partial charge < -0.3 is 14.7 Å². The third-order valence-corrected chi connectivity index (χ3v) is 7.93. The van der Waals surface area contributed by atoms with Crippen LogP contribution in [0.4, 0.5) is 4.39 Å². The van der Waals surface area contributed by atoms with Gasteiger partial charge in [0.2, 0.25) is 5.91 Å². The lowest BCUT2D eigenvalue weighted by atomic mass is 9.89. The van der Waals surface area contributed by atoms with Gasteiger partial charge >= 0.3 is 5.69 Å². The number of hydrogen-bond donors (Lipinski definition) is 2. The maximum Gasteiger partial charge on any atom is 0.330 e. The highest BCUT2D eigenvalue weighted by Crippen LogP contribution is 2.46. The first-order valence-electron chi connectivity index (χ1n) is 11.7. The second-order valence-electron chi connectivity index (χ2n) is 9.00. The number of carbonyl (C=O) groups is 1. The first-order chi connectivity index (χ1) is 17.3. The molecule has 0 unspecified atom stereocenters. The van der Waals surface area contributed by atoms with Gasteiger partial charge in [-0.15, -0.1) is 0 Å². The maximum absolute atomic E-state index is 15.1. The van der Waals surface area contributed by atoms with E-state index in [0.29, 0.717) is 12.0 Å². The number of aromatic amines is 1. The number of nitrogens with one attached hydrogen (secondary N) is 1. The van der Waals surface area contributed by atoms with Crippen LogP contribution in [0.1, 0.15) is 35.8 Å². The van der Waals surface area contributed by atoms with E-state index in [1.165, 1.54) is 11.1 Å². The molecule has 5 rings (SSSR count). The quantitative estimate of drug-likeness (QED) is 0.545. The van der Waals surface area contributed by atoms with Crippen LogP contribution >= 0.6 is 11.8 Å². The Hall–Kier alpha value is -3.21. The molecule has 3 heterocycles. The number of alkyl halides is 1. The average molecular weight is 512 g/mol. The fourth-order valence-corrected chi connectivity index (χ4v) is 5.94. The molecule has 10 heteroatoms. The van der Waals surface area contributed by atoms with E-state index >= 15 is 4.39 Å². The van der Waals surface area contributed by atoms with Crippen LogP contribution in [0.25, 0.3) is 0 Å². The van der Waals surface area contributed by atoms with Gasteiger partial charge in [-0.05, 0) is 29.7 Å². The van der Waals surface area contributed by atoms with Gasteiger partial charge in [0.15, 0.2) is 12.4 Å². The van der Waals surface area contributed by atoms with Crippen LogP contribution in [0.2, 0.25) is 0 Å². The lowest BCUT2D eigenvalue weighted by Crippen LogP contribution is -2.42. The van der Waals surface area contributed by atoms with Gasteiger partial charge in [-0.25, -0.2) is 9.18 Å². The summed E-state index contributed by atoms with van der Waals surface area (Å²) in [6, 6.07) is 15.4. The fraction of sp³-hybridized carbons (Fsp3) is 0.346. The molecule has 2 aromatic carbocycles. The number of aliphatic hydroxyl groups is 1. The summed E-state index contributed by atoms with van der Waals surface area (Å²) in [7, 11) is 1.59. The highest BCUT2D eigenvalue weighted by atomic mass is 32.2. The monoisotopic (exact) mass is 511 g/mol. The highest BCUT2D eigenvalue weighted by Gasteiger charge is 2.47. The Morgan fingerprint density at radius 3 is 2.36 bits per heavy atom. The number of aromatic nitrogens is 2. The fourth-order valence-electron chi connectivity index (χ4n) is 4.80. The Labute approximate surface area is 210 Å². The van der Waals surface area contributed by atoms with E-state index in [-0.39, 0.29) is 12.5 Å². The minimum Gasteiger partial charge on any atom is -0.387 e. The zero-order valence-corrected chi connectivity index (χ0v) is 20.6. The molecule has 2 aliphatic heterocycles. The van der Waals surface area contributed by atoms with Crippen molar-refractivity contribution in [2.75, 3.05) is 13.6 Å². The molecular formula is C26H26FN3O5S.